The van der Waals surface area contributed by atoms with Crippen LogP contribution in [0.15, 0.2) is 36.2 Å². The molecule has 0 bridgehead atoms. The molecule has 0 aliphatic carbocycles. The van der Waals surface area contributed by atoms with Crippen LogP contribution in [0.5, 0.6) is 5.75 Å². The number of allylic oxidation sites excluding steroid dienone is 1. The molecule has 4 N–H and O–H groups in total. The summed E-state index contributed by atoms with van der Waals surface area (Å²) in [6, 6.07) is 10.6. The van der Waals surface area contributed by atoms with E-state index in [2.05, 4.69) is 4.98 Å². The highest BCUT2D eigenvalue weighted by molar-refractivity contribution is 5.76. The summed E-state index contributed by atoms with van der Waals surface area (Å²) in [5, 5.41) is 17.7. The van der Waals surface area contributed by atoms with Crippen LogP contribution in [0, 0.1) is 22.7 Å². The van der Waals surface area contributed by atoms with E-state index in [9.17, 15) is 0 Å². The second kappa shape index (κ2) is 5.68. The Kier molecular flexibility index (Phi) is 3.78. The Morgan fingerprint density at radius 3 is 2.38 bits per heavy atom. The minimum Gasteiger partial charge on any atom is -0.497 e. The lowest BCUT2D eigenvalue weighted by Crippen LogP contribution is -2.06. The van der Waals surface area contributed by atoms with Crippen LogP contribution in [0.3, 0.4) is 0 Å². The molecule has 0 amide bonds. The maximum Gasteiger partial charge on any atom is 0.154 e. The molecular weight excluding hydrogens is 268 g/mol. The van der Waals surface area contributed by atoms with Gasteiger partial charge in [-0.25, -0.2) is 4.98 Å². The summed E-state index contributed by atoms with van der Waals surface area (Å²) in [7, 11) is 1.58. The molecule has 1 aromatic heterocycles. The predicted octanol–water partition coefficient (Wildman–Crippen LogP) is 1.18. The Labute approximate surface area is 121 Å². The van der Waals surface area contributed by atoms with Crippen LogP contribution in [-0.2, 0) is 0 Å². The Morgan fingerprint density at radius 2 is 1.86 bits per heavy atom. The molecule has 0 aliphatic heterocycles. The fourth-order valence-corrected chi connectivity index (χ4v) is 1.78. The minimum absolute atomic E-state index is 0.0373. The molecule has 1 aromatic carbocycles. The normalized spacial score (nSPS) is 9.48. The number of methoxy groups -OCH3 is 1. The Balaban J connectivity index is 2.49. The quantitative estimate of drug-likeness (QED) is 0.813. The van der Waals surface area contributed by atoms with Crippen molar-refractivity contribution >= 4 is 11.5 Å². The van der Waals surface area contributed by atoms with Gasteiger partial charge < -0.3 is 16.2 Å². The van der Waals surface area contributed by atoms with Crippen molar-refractivity contribution in [2.24, 2.45) is 5.73 Å². The van der Waals surface area contributed by atoms with Crippen LogP contribution in [0.25, 0.3) is 11.4 Å². The third-order valence-corrected chi connectivity index (χ3v) is 2.90. The number of aromatic nitrogens is 2. The molecule has 0 radical (unpaired) electrons. The molecule has 2 aromatic rings. The summed E-state index contributed by atoms with van der Waals surface area (Å²) in [6.45, 7) is 0. The first-order valence-electron chi connectivity index (χ1n) is 5.90. The van der Waals surface area contributed by atoms with Gasteiger partial charge in [-0.2, -0.15) is 10.5 Å². The van der Waals surface area contributed by atoms with Crippen molar-refractivity contribution in [3.63, 3.8) is 0 Å². The number of nitriles is 2. The van der Waals surface area contributed by atoms with Crippen molar-refractivity contribution in [2.45, 2.75) is 0 Å². The number of hydrogen-bond acceptors (Lipinski definition) is 6. The van der Waals surface area contributed by atoms with E-state index in [1.807, 2.05) is 0 Å². The van der Waals surface area contributed by atoms with Gasteiger partial charge in [0.1, 0.15) is 35.7 Å². The number of ether oxygens (including phenoxy) is 1. The van der Waals surface area contributed by atoms with Crippen LogP contribution in [0.2, 0.25) is 0 Å². The summed E-state index contributed by atoms with van der Waals surface area (Å²) in [5.74, 6) is 0.967. The van der Waals surface area contributed by atoms with Crippen molar-refractivity contribution in [1.82, 2.24) is 9.55 Å². The molecule has 7 nitrogen and oxygen atoms in total. The predicted molar refractivity (Wildman–Crippen MR) is 76.9 cm³/mol. The van der Waals surface area contributed by atoms with E-state index >= 15 is 0 Å². The standard InChI is InChI=1S/C14H12N6O/c1-21-11-4-2-10(3-5-11)20-8-19-13(14(20)18)12(17)9(6-15)7-16/h2-5,8H,17-18H2,1H3. The first-order chi connectivity index (χ1) is 10.1. The largest absolute Gasteiger partial charge is 0.497 e. The molecule has 0 atom stereocenters. The van der Waals surface area contributed by atoms with E-state index in [-0.39, 0.29) is 22.8 Å². The van der Waals surface area contributed by atoms with Crippen molar-refractivity contribution in [3.05, 3.63) is 41.9 Å². The molecule has 21 heavy (non-hydrogen) atoms. The van der Waals surface area contributed by atoms with E-state index in [0.717, 1.165) is 5.69 Å². The maximum absolute atomic E-state index is 8.83. The summed E-state index contributed by atoms with van der Waals surface area (Å²) in [5.41, 5.74) is 12.5. The molecule has 0 saturated heterocycles. The lowest BCUT2D eigenvalue weighted by Gasteiger charge is -2.07. The van der Waals surface area contributed by atoms with Gasteiger partial charge in [0.2, 0.25) is 0 Å². The van der Waals surface area contributed by atoms with Gasteiger partial charge in [0.15, 0.2) is 5.57 Å². The zero-order valence-electron chi connectivity index (χ0n) is 11.2. The van der Waals surface area contributed by atoms with Crippen LogP contribution < -0.4 is 16.2 Å². The highest BCUT2D eigenvalue weighted by Gasteiger charge is 2.15. The van der Waals surface area contributed by atoms with Crippen molar-refractivity contribution in [2.75, 3.05) is 12.8 Å². The van der Waals surface area contributed by atoms with Crippen molar-refractivity contribution in [3.8, 4) is 23.6 Å². The van der Waals surface area contributed by atoms with Gasteiger partial charge in [0.25, 0.3) is 0 Å². The number of nitrogens with two attached hydrogens (primary N) is 2. The highest BCUT2D eigenvalue weighted by atomic mass is 16.5. The van der Waals surface area contributed by atoms with E-state index in [0.29, 0.717) is 5.75 Å². The zero-order chi connectivity index (χ0) is 15.4. The van der Waals surface area contributed by atoms with E-state index in [4.69, 9.17) is 26.7 Å². The molecule has 0 fully saturated rings. The summed E-state index contributed by atoms with van der Waals surface area (Å²) in [4.78, 5) is 4.07. The number of nitrogen functional groups attached to an aromatic ring is 1. The topological polar surface area (TPSA) is 127 Å². The number of anilines is 1. The van der Waals surface area contributed by atoms with Gasteiger partial charge in [-0.3, -0.25) is 4.57 Å². The molecule has 1 heterocycles. The minimum atomic E-state index is -0.221. The second-order valence-electron chi connectivity index (χ2n) is 4.06. The van der Waals surface area contributed by atoms with Gasteiger partial charge in [0, 0.05) is 5.69 Å². The molecule has 7 heteroatoms. The zero-order valence-corrected chi connectivity index (χ0v) is 11.2. The van der Waals surface area contributed by atoms with Gasteiger partial charge in [-0.15, -0.1) is 0 Å². The van der Waals surface area contributed by atoms with E-state index < -0.39 is 0 Å². The fourth-order valence-electron chi connectivity index (χ4n) is 1.78. The lowest BCUT2D eigenvalue weighted by molar-refractivity contribution is 0.415. The molecule has 2 rings (SSSR count). The average molecular weight is 280 g/mol. The Bertz CT molecular complexity index is 757. The van der Waals surface area contributed by atoms with Crippen LogP contribution in [0.1, 0.15) is 5.69 Å². The first-order valence-corrected chi connectivity index (χ1v) is 5.90. The molecule has 0 aliphatic rings. The third-order valence-electron chi connectivity index (χ3n) is 2.90. The number of hydrogen-bond donors (Lipinski definition) is 2. The average Bonchev–Trinajstić information content (AvgIpc) is 2.90. The van der Waals surface area contributed by atoms with Crippen molar-refractivity contribution in [1.29, 1.82) is 10.5 Å². The molecule has 104 valence electrons. The monoisotopic (exact) mass is 280 g/mol. The smallest absolute Gasteiger partial charge is 0.154 e. The first kappa shape index (κ1) is 14.0. The molecule has 0 spiro atoms. The number of imidazole rings is 1. The summed E-state index contributed by atoms with van der Waals surface area (Å²) < 4.78 is 6.69. The molecule has 0 unspecified atom stereocenters. The van der Waals surface area contributed by atoms with Gasteiger partial charge in [0.05, 0.1) is 12.8 Å². The summed E-state index contributed by atoms with van der Waals surface area (Å²) in [6.07, 6.45) is 1.48. The third kappa shape index (κ3) is 2.48. The number of nitrogens with zero attached hydrogens (tertiary/aromatic N) is 4. The number of benzene rings is 1. The van der Waals surface area contributed by atoms with Crippen molar-refractivity contribution < 1.29 is 4.74 Å². The van der Waals surface area contributed by atoms with Crippen LogP contribution in [0.4, 0.5) is 5.82 Å². The van der Waals surface area contributed by atoms with E-state index in [1.165, 1.54) is 6.33 Å². The second-order valence-corrected chi connectivity index (χ2v) is 4.06. The molecular formula is C14H12N6O. The molecule has 0 saturated carbocycles. The fraction of sp³-hybridized carbons (Fsp3) is 0.0714. The van der Waals surface area contributed by atoms with Gasteiger partial charge in [-0.1, -0.05) is 0 Å². The SMILES string of the molecule is COc1ccc(-n2cnc(C(N)=C(C#N)C#N)c2N)cc1. The lowest BCUT2D eigenvalue weighted by atomic mass is 10.2. The Hall–Kier alpha value is -3.45. The van der Waals surface area contributed by atoms with Crippen LogP contribution >= 0.6 is 0 Å². The van der Waals surface area contributed by atoms with E-state index in [1.54, 1.807) is 48.1 Å². The van der Waals surface area contributed by atoms with Crippen LogP contribution in [-0.4, -0.2) is 16.7 Å². The maximum atomic E-state index is 8.83. The van der Waals surface area contributed by atoms with Gasteiger partial charge in [-0.05, 0) is 24.3 Å². The number of rotatable bonds is 3. The Morgan fingerprint density at radius 1 is 1.24 bits per heavy atom. The summed E-state index contributed by atoms with van der Waals surface area (Å²) >= 11 is 0. The van der Waals surface area contributed by atoms with Gasteiger partial charge >= 0.3 is 0 Å². The highest BCUT2D eigenvalue weighted by Crippen LogP contribution is 2.23.